The average molecular weight is 198 g/mol. The normalized spacial score (nSPS) is 35.8. The van der Waals surface area contributed by atoms with Crippen LogP contribution in [0.1, 0.15) is 44.9 Å². The van der Waals surface area contributed by atoms with Crippen LogP contribution in [0.4, 0.5) is 0 Å². The second kappa shape index (κ2) is 4.63. The molecule has 1 aliphatic carbocycles. The maximum Gasteiger partial charge on any atom is 0.0547 e. The fraction of sp³-hybridized carbons (Fsp3) is 1.00. The summed E-state index contributed by atoms with van der Waals surface area (Å²) in [6.07, 6.45) is 9.18. The maximum atomic E-state index is 9.58. The molecule has 2 heteroatoms. The van der Waals surface area contributed by atoms with Crippen LogP contribution in [0.2, 0.25) is 0 Å². The van der Waals surface area contributed by atoms with Gasteiger partial charge in [-0.2, -0.15) is 0 Å². The van der Waals surface area contributed by atoms with Gasteiger partial charge in [0.25, 0.3) is 0 Å². The van der Waals surface area contributed by atoms with Gasteiger partial charge in [0.15, 0.2) is 0 Å². The molecule has 0 bridgehead atoms. The molecule has 0 radical (unpaired) electrons. The van der Waals surface area contributed by atoms with Crippen molar-refractivity contribution in [3.05, 3.63) is 0 Å². The summed E-state index contributed by atoms with van der Waals surface area (Å²) in [6, 6.07) is 0. The Morgan fingerprint density at radius 3 is 2.36 bits per heavy atom. The molecular formula is C12H22O2. The Balaban J connectivity index is 2.01. The molecule has 0 aromatic rings. The van der Waals surface area contributed by atoms with Crippen molar-refractivity contribution < 1.29 is 9.84 Å². The number of ether oxygens (including phenoxy) is 1. The van der Waals surface area contributed by atoms with Gasteiger partial charge in [-0.1, -0.05) is 25.7 Å². The number of rotatable bonds is 2. The van der Waals surface area contributed by atoms with Gasteiger partial charge in [0.2, 0.25) is 0 Å². The van der Waals surface area contributed by atoms with Crippen LogP contribution in [0, 0.1) is 11.3 Å². The van der Waals surface area contributed by atoms with Gasteiger partial charge in [0, 0.05) is 12.0 Å². The van der Waals surface area contributed by atoms with Crippen LogP contribution in [0.15, 0.2) is 0 Å². The standard InChI is InChI=1S/C12H22O2/c13-9-12(7-8-14-10-12)11-5-3-1-2-4-6-11/h11,13H,1-10H2. The average Bonchev–Trinajstić information content (AvgIpc) is 2.54. The summed E-state index contributed by atoms with van der Waals surface area (Å²) in [6.45, 7) is 1.99. The lowest BCUT2D eigenvalue weighted by Crippen LogP contribution is -2.34. The monoisotopic (exact) mass is 198 g/mol. The van der Waals surface area contributed by atoms with Gasteiger partial charge < -0.3 is 9.84 Å². The molecule has 1 unspecified atom stereocenters. The Hall–Kier alpha value is -0.0800. The molecule has 1 saturated carbocycles. The Bertz CT molecular complexity index is 165. The minimum Gasteiger partial charge on any atom is -0.396 e. The van der Waals surface area contributed by atoms with E-state index in [9.17, 15) is 5.11 Å². The van der Waals surface area contributed by atoms with E-state index in [2.05, 4.69) is 0 Å². The van der Waals surface area contributed by atoms with E-state index in [1.54, 1.807) is 0 Å². The summed E-state index contributed by atoms with van der Waals surface area (Å²) in [5.41, 5.74) is 0.129. The lowest BCUT2D eigenvalue weighted by atomic mass is 9.72. The number of aliphatic hydroxyl groups excluding tert-OH is 1. The van der Waals surface area contributed by atoms with Gasteiger partial charge in [0.1, 0.15) is 0 Å². The van der Waals surface area contributed by atoms with Gasteiger partial charge in [0.05, 0.1) is 13.2 Å². The minimum absolute atomic E-state index is 0.129. The molecule has 2 aliphatic rings. The van der Waals surface area contributed by atoms with Crippen molar-refractivity contribution in [3.8, 4) is 0 Å². The predicted molar refractivity (Wildman–Crippen MR) is 56.1 cm³/mol. The molecule has 1 aliphatic heterocycles. The summed E-state index contributed by atoms with van der Waals surface area (Å²) in [5.74, 6) is 0.720. The van der Waals surface area contributed by atoms with Crippen molar-refractivity contribution in [2.24, 2.45) is 11.3 Å². The third kappa shape index (κ3) is 1.96. The third-order valence-corrected chi connectivity index (χ3v) is 4.17. The van der Waals surface area contributed by atoms with Crippen molar-refractivity contribution in [2.45, 2.75) is 44.9 Å². The highest BCUT2D eigenvalue weighted by Gasteiger charge is 2.41. The van der Waals surface area contributed by atoms with E-state index in [0.717, 1.165) is 25.6 Å². The van der Waals surface area contributed by atoms with Crippen LogP contribution in [0.5, 0.6) is 0 Å². The van der Waals surface area contributed by atoms with Crippen molar-refractivity contribution in [3.63, 3.8) is 0 Å². The zero-order chi connectivity index (χ0) is 9.86. The van der Waals surface area contributed by atoms with Crippen LogP contribution >= 0.6 is 0 Å². The predicted octanol–water partition coefficient (Wildman–Crippen LogP) is 2.36. The van der Waals surface area contributed by atoms with Gasteiger partial charge in [-0.3, -0.25) is 0 Å². The summed E-state index contributed by atoms with van der Waals surface area (Å²) in [5, 5.41) is 9.58. The Kier molecular flexibility index (Phi) is 3.45. The lowest BCUT2D eigenvalue weighted by molar-refractivity contribution is 0.0367. The lowest BCUT2D eigenvalue weighted by Gasteiger charge is -2.34. The smallest absolute Gasteiger partial charge is 0.0547 e. The third-order valence-electron chi connectivity index (χ3n) is 4.17. The zero-order valence-corrected chi connectivity index (χ0v) is 9.00. The topological polar surface area (TPSA) is 29.5 Å². The van der Waals surface area contributed by atoms with E-state index in [1.165, 1.54) is 38.5 Å². The van der Waals surface area contributed by atoms with Crippen molar-refractivity contribution >= 4 is 0 Å². The summed E-state index contributed by atoms with van der Waals surface area (Å²) in [7, 11) is 0. The van der Waals surface area contributed by atoms with Crippen LogP contribution in [0.25, 0.3) is 0 Å². The molecule has 0 aromatic carbocycles. The van der Waals surface area contributed by atoms with Gasteiger partial charge in [-0.25, -0.2) is 0 Å². The van der Waals surface area contributed by atoms with E-state index in [0.29, 0.717) is 6.61 Å². The summed E-state index contributed by atoms with van der Waals surface area (Å²) < 4.78 is 5.49. The van der Waals surface area contributed by atoms with Crippen molar-refractivity contribution in [1.82, 2.24) is 0 Å². The molecule has 0 aromatic heterocycles. The molecule has 0 amide bonds. The molecule has 82 valence electrons. The maximum absolute atomic E-state index is 9.58. The molecule has 2 rings (SSSR count). The second-order valence-corrected chi connectivity index (χ2v) is 5.01. The first-order valence-electron chi connectivity index (χ1n) is 6.06. The molecule has 1 atom stereocenters. The highest BCUT2D eigenvalue weighted by Crippen LogP contribution is 2.43. The molecule has 14 heavy (non-hydrogen) atoms. The molecular weight excluding hydrogens is 176 g/mol. The van der Waals surface area contributed by atoms with Crippen molar-refractivity contribution in [1.29, 1.82) is 0 Å². The number of hydrogen-bond acceptors (Lipinski definition) is 2. The molecule has 0 spiro atoms. The molecule has 1 heterocycles. The molecule has 1 saturated heterocycles. The van der Waals surface area contributed by atoms with E-state index in [1.807, 2.05) is 0 Å². The second-order valence-electron chi connectivity index (χ2n) is 5.01. The minimum atomic E-state index is 0.129. The first-order chi connectivity index (χ1) is 6.87. The Labute approximate surface area is 86.6 Å². The molecule has 1 N–H and O–H groups in total. The van der Waals surface area contributed by atoms with Gasteiger partial charge in [-0.05, 0) is 25.2 Å². The first-order valence-corrected chi connectivity index (χ1v) is 6.06. The highest BCUT2D eigenvalue weighted by atomic mass is 16.5. The van der Waals surface area contributed by atoms with Crippen LogP contribution < -0.4 is 0 Å². The molecule has 2 nitrogen and oxygen atoms in total. The Morgan fingerprint density at radius 2 is 1.86 bits per heavy atom. The van der Waals surface area contributed by atoms with Gasteiger partial charge >= 0.3 is 0 Å². The quantitative estimate of drug-likeness (QED) is 0.690. The van der Waals surface area contributed by atoms with E-state index < -0.39 is 0 Å². The fourth-order valence-electron chi connectivity index (χ4n) is 3.09. The van der Waals surface area contributed by atoms with E-state index in [4.69, 9.17) is 4.74 Å². The summed E-state index contributed by atoms with van der Waals surface area (Å²) in [4.78, 5) is 0. The first kappa shape index (κ1) is 10.4. The number of aliphatic hydroxyl groups is 1. The zero-order valence-electron chi connectivity index (χ0n) is 9.00. The van der Waals surface area contributed by atoms with Gasteiger partial charge in [-0.15, -0.1) is 0 Å². The highest BCUT2D eigenvalue weighted by molar-refractivity contribution is 4.89. The summed E-state index contributed by atoms with van der Waals surface area (Å²) >= 11 is 0. The molecule has 2 fully saturated rings. The van der Waals surface area contributed by atoms with E-state index in [-0.39, 0.29) is 5.41 Å². The largest absolute Gasteiger partial charge is 0.396 e. The van der Waals surface area contributed by atoms with Crippen LogP contribution in [0.3, 0.4) is 0 Å². The Morgan fingerprint density at radius 1 is 1.14 bits per heavy atom. The number of hydrogen-bond donors (Lipinski definition) is 1. The van der Waals surface area contributed by atoms with Crippen LogP contribution in [-0.2, 0) is 4.74 Å². The fourth-order valence-corrected chi connectivity index (χ4v) is 3.09. The van der Waals surface area contributed by atoms with Crippen LogP contribution in [-0.4, -0.2) is 24.9 Å². The van der Waals surface area contributed by atoms with E-state index >= 15 is 0 Å². The van der Waals surface area contributed by atoms with Crippen molar-refractivity contribution in [2.75, 3.05) is 19.8 Å². The SMILES string of the molecule is OCC1(C2CCCCCC2)CCOC1.